The third-order valence-electron chi connectivity index (χ3n) is 5.52. The average Bonchev–Trinajstić information content (AvgIpc) is 3.64. The Morgan fingerprint density at radius 3 is 2.89 bits per heavy atom. The highest BCUT2D eigenvalue weighted by atomic mass is 32.1. The minimum absolute atomic E-state index is 0.106. The van der Waals surface area contributed by atoms with Crippen molar-refractivity contribution >= 4 is 34.4 Å². The van der Waals surface area contributed by atoms with Crippen LogP contribution in [0.3, 0.4) is 0 Å². The van der Waals surface area contributed by atoms with E-state index in [1.54, 1.807) is 29.6 Å². The largest absolute Gasteiger partial charge is 0.494 e. The molecular formula is C25H21F2N7O3S. The van der Waals surface area contributed by atoms with E-state index in [1.807, 2.05) is 0 Å². The van der Waals surface area contributed by atoms with E-state index in [4.69, 9.17) is 9.47 Å². The van der Waals surface area contributed by atoms with Crippen molar-refractivity contribution in [2.45, 2.75) is 19.3 Å². The van der Waals surface area contributed by atoms with Crippen LogP contribution >= 0.6 is 11.3 Å². The van der Waals surface area contributed by atoms with Gasteiger partial charge in [0.2, 0.25) is 5.13 Å². The van der Waals surface area contributed by atoms with Crippen LogP contribution in [0.5, 0.6) is 5.75 Å². The molecule has 13 heteroatoms. The summed E-state index contributed by atoms with van der Waals surface area (Å²) < 4.78 is 38.0. The Morgan fingerprint density at radius 1 is 1.24 bits per heavy atom. The number of methoxy groups -OCH3 is 1. The second-order valence-electron chi connectivity index (χ2n) is 8.21. The summed E-state index contributed by atoms with van der Waals surface area (Å²) in [6, 6.07) is 2.79. The molecule has 10 nitrogen and oxygen atoms in total. The van der Waals surface area contributed by atoms with E-state index in [2.05, 4.69) is 42.3 Å². The Hall–Kier alpha value is -4.28. The number of alkyl halides is 2. The Morgan fingerprint density at radius 2 is 2.11 bits per heavy atom. The van der Waals surface area contributed by atoms with Crippen LogP contribution in [-0.4, -0.2) is 52.7 Å². The van der Waals surface area contributed by atoms with E-state index in [0.717, 1.165) is 24.2 Å². The highest BCUT2D eigenvalue weighted by Crippen LogP contribution is 2.36. The minimum atomic E-state index is -2.82. The Balaban J connectivity index is 1.53. The monoisotopic (exact) mass is 537 g/mol. The molecule has 0 radical (unpaired) electrons. The number of carbonyl (C=O) groups excluding carboxylic acids is 1. The van der Waals surface area contributed by atoms with Crippen molar-refractivity contribution in [2.24, 2.45) is 10.9 Å². The highest BCUT2D eigenvalue weighted by molar-refractivity contribution is 7.15. The number of hydrogen-bond donors (Lipinski definition) is 1. The smallest absolute Gasteiger partial charge is 0.280 e. The standard InChI is InChI=1S/C25H21F2N7O3S/c1-36-20-13-29-19(23(26)27)10-17(20)16-11-21(34-8-6-28-7-9-37-14-34)30-12-18(16)24(35)31-25-33-32-22(38-25)5-4-15-2-3-15/h6-8,10-13,15,23H,2-3,9,14H2,1H3,(H,31,33,35)/b8-6-,28-7?. The van der Waals surface area contributed by atoms with Crippen molar-refractivity contribution in [2.75, 3.05) is 30.7 Å². The van der Waals surface area contributed by atoms with E-state index in [-0.39, 0.29) is 28.7 Å². The molecule has 2 aliphatic rings. The molecule has 1 fully saturated rings. The highest BCUT2D eigenvalue weighted by Gasteiger charge is 2.23. The molecular weight excluding hydrogens is 516 g/mol. The SMILES string of the molecule is COc1cnc(C(F)F)cc1-c1cc(N2/C=C\N=CCOC2)ncc1C(=O)Nc1nnc(C#CC2CC2)s1. The molecule has 1 N–H and O–H groups in total. The van der Waals surface area contributed by atoms with Crippen LogP contribution in [0.4, 0.5) is 19.7 Å². The second kappa shape index (κ2) is 11.4. The van der Waals surface area contributed by atoms with Gasteiger partial charge < -0.3 is 14.4 Å². The Labute approximate surface area is 220 Å². The van der Waals surface area contributed by atoms with Crippen molar-refractivity contribution in [3.63, 3.8) is 0 Å². The molecule has 1 aliphatic heterocycles. The topological polar surface area (TPSA) is 115 Å². The fraction of sp³-hybridized carbons (Fsp3) is 0.280. The van der Waals surface area contributed by atoms with Gasteiger partial charge in [-0.25, -0.2) is 13.8 Å². The first-order chi connectivity index (χ1) is 18.5. The van der Waals surface area contributed by atoms with Gasteiger partial charge in [0.1, 0.15) is 24.0 Å². The first-order valence-corrected chi connectivity index (χ1v) is 12.3. The molecule has 0 bridgehead atoms. The lowest BCUT2D eigenvalue weighted by molar-refractivity contribution is 0.102. The fourth-order valence-corrected chi connectivity index (χ4v) is 4.05. The predicted octanol–water partition coefficient (Wildman–Crippen LogP) is 4.29. The molecule has 38 heavy (non-hydrogen) atoms. The number of nitrogens with zero attached hydrogens (tertiary/aromatic N) is 6. The summed E-state index contributed by atoms with van der Waals surface area (Å²) in [5.74, 6) is 6.52. The maximum atomic E-state index is 13.6. The molecule has 0 spiro atoms. The zero-order valence-electron chi connectivity index (χ0n) is 20.1. The minimum Gasteiger partial charge on any atom is -0.494 e. The number of rotatable bonds is 6. The molecule has 0 saturated heterocycles. The molecule has 194 valence electrons. The Bertz CT molecular complexity index is 1460. The fourth-order valence-electron chi connectivity index (χ4n) is 3.45. The van der Waals surface area contributed by atoms with Gasteiger partial charge in [-0.1, -0.05) is 17.3 Å². The van der Waals surface area contributed by atoms with Gasteiger partial charge >= 0.3 is 0 Å². The number of aromatic nitrogens is 4. The molecule has 3 aromatic rings. The zero-order valence-corrected chi connectivity index (χ0v) is 20.9. The van der Waals surface area contributed by atoms with E-state index >= 15 is 0 Å². The molecule has 3 aromatic heterocycles. The van der Waals surface area contributed by atoms with Gasteiger partial charge in [-0.15, -0.1) is 10.2 Å². The number of aliphatic imine (C=N–C) groups is 1. The number of carbonyl (C=O) groups is 1. The first-order valence-electron chi connectivity index (χ1n) is 11.5. The van der Waals surface area contributed by atoms with Crippen molar-refractivity contribution in [1.29, 1.82) is 0 Å². The summed E-state index contributed by atoms with van der Waals surface area (Å²) in [5.41, 5.74) is 0.187. The van der Waals surface area contributed by atoms with Gasteiger partial charge in [0, 0.05) is 41.9 Å². The van der Waals surface area contributed by atoms with E-state index in [1.165, 1.54) is 25.6 Å². The molecule has 0 aromatic carbocycles. The van der Waals surface area contributed by atoms with Gasteiger partial charge in [-0.3, -0.25) is 20.1 Å². The maximum Gasteiger partial charge on any atom is 0.280 e. The number of anilines is 2. The quantitative estimate of drug-likeness (QED) is 0.463. The first kappa shape index (κ1) is 25.4. The maximum absolute atomic E-state index is 13.6. The lowest BCUT2D eigenvalue weighted by Gasteiger charge is -2.21. The van der Waals surface area contributed by atoms with Crippen molar-refractivity contribution in [1.82, 2.24) is 20.2 Å². The normalized spacial score (nSPS) is 15.8. The van der Waals surface area contributed by atoms with Crippen LogP contribution in [0.15, 0.2) is 41.9 Å². The molecule has 0 atom stereocenters. The summed E-state index contributed by atoms with van der Waals surface area (Å²) in [6.45, 7) is 0.463. The van der Waals surface area contributed by atoms with E-state index in [0.29, 0.717) is 28.9 Å². The van der Waals surface area contributed by atoms with Crippen LogP contribution < -0.4 is 15.0 Å². The third-order valence-corrected chi connectivity index (χ3v) is 6.27. The molecule has 5 rings (SSSR count). The lowest BCUT2D eigenvalue weighted by atomic mass is 10.00. The van der Waals surface area contributed by atoms with Crippen LogP contribution in [0, 0.1) is 17.8 Å². The van der Waals surface area contributed by atoms with Crippen molar-refractivity contribution in [3.05, 3.63) is 53.2 Å². The van der Waals surface area contributed by atoms with Crippen LogP contribution in [0.2, 0.25) is 0 Å². The van der Waals surface area contributed by atoms with Crippen molar-refractivity contribution < 1.29 is 23.0 Å². The molecule has 4 heterocycles. The zero-order chi connectivity index (χ0) is 26.5. The number of hydrogen-bond acceptors (Lipinski definition) is 10. The number of nitrogens with one attached hydrogen (secondary N) is 1. The van der Waals surface area contributed by atoms with Gasteiger partial charge in [0.05, 0.1) is 25.5 Å². The molecule has 1 saturated carbocycles. The summed E-state index contributed by atoms with van der Waals surface area (Å²) >= 11 is 1.14. The Kier molecular flexibility index (Phi) is 7.62. The van der Waals surface area contributed by atoms with Crippen LogP contribution in [-0.2, 0) is 4.74 Å². The van der Waals surface area contributed by atoms with Gasteiger partial charge in [0.25, 0.3) is 12.3 Å². The predicted molar refractivity (Wildman–Crippen MR) is 137 cm³/mol. The van der Waals surface area contributed by atoms with E-state index < -0.39 is 18.0 Å². The van der Waals surface area contributed by atoms with Gasteiger partial charge in [0.15, 0.2) is 5.01 Å². The number of halogens is 2. The molecule has 0 unspecified atom stereocenters. The lowest BCUT2D eigenvalue weighted by Crippen LogP contribution is -2.23. The summed E-state index contributed by atoms with van der Waals surface area (Å²) in [4.78, 5) is 27.3. The molecule has 1 aliphatic carbocycles. The summed E-state index contributed by atoms with van der Waals surface area (Å²) in [5, 5.41) is 11.4. The van der Waals surface area contributed by atoms with Crippen LogP contribution in [0.1, 0.15) is 40.3 Å². The average molecular weight is 538 g/mol. The van der Waals surface area contributed by atoms with E-state index in [9.17, 15) is 13.6 Å². The summed E-state index contributed by atoms with van der Waals surface area (Å²) in [7, 11) is 1.39. The third kappa shape index (κ3) is 5.99. The second-order valence-corrected chi connectivity index (χ2v) is 9.19. The summed E-state index contributed by atoms with van der Waals surface area (Å²) in [6.07, 6.45) is 6.74. The van der Waals surface area contributed by atoms with Gasteiger partial charge in [-0.05, 0) is 30.9 Å². The number of pyridine rings is 2. The number of ether oxygens (including phenoxy) is 2. The van der Waals surface area contributed by atoms with Crippen molar-refractivity contribution in [3.8, 4) is 28.7 Å². The van der Waals surface area contributed by atoms with Crippen LogP contribution in [0.25, 0.3) is 11.1 Å². The number of amides is 1. The van der Waals surface area contributed by atoms with Gasteiger partial charge in [-0.2, -0.15) is 0 Å². The molecule has 1 amide bonds.